The molecular weight excluding hydrogens is 270 g/mol. The smallest absolute Gasteiger partial charge is 0.118 e. The molecule has 1 atom stereocenters. The number of nitrogens with zero attached hydrogens (tertiary/aromatic N) is 2. The van der Waals surface area contributed by atoms with E-state index in [1.54, 1.807) is 7.11 Å². The minimum absolute atomic E-state index is 0.288. The molecule has 2 rings (SSSR count). The van der Waals surface area contributed by atoms with Crippen LogP contribution in [-0.2, 0) is 6.42 Å². The number of ether oxygens (including phenoxy) is 1. The summed E-state index contributed by atoms with van der Waals surface area (Å²) in [6.45, 7) is 3.18. The Bertz CT molecular complexity index is 484. The van der Waals surface area contributed by atoms with E-state index >= 15 is 0 Å². The molecule has 0 aliphatic carbocycles. The number of aryl methyl sites for hydroxylation is 1. The van der Waals surface area contributed by atoms with E-state index in [0.29, 0.717) is 0 Å². The van der Waals surface area contributed by atoms with Gasteiger partial charge in [-0.15, -0.1) is 0 Å². The number of methoxy groups -OCH3 is 1. The minimum atomic E-state index is 0.288. The maximum Gasteiger partial charge on any atom is 0.118 e. The van der Waals surface area contributed by atoms with Crippen molar-refractivity contribution in [1.82, 2.24) is 14.1 Å². The predicted molar refractivity (Wildman–Crippen MR) is 82.3 cm³/mol. The van der Waals surface area contributed by atoms with Crippen LogP contribution in [0.3, 0.4) is 0 Å². The van der Waals surface area contributed by atoms with Gasteiger partial charge in [0, 0.05) is 0 Å². The van der Waals surface area contributed by atoms with Gasteiger partial charge < -0.3 is 10.1 Å². The Balaban J connectivity index is 1.93. The Morgan fingerprint density at radius 1 is 1.30 bits per heavy atom. The summed E-state index contributed by atoms with van der Waals surface area (Å²) in [5.41, 5.74) is 2.37. The van der Waals surface area contributed by atoms with Crippen LogP contribution in [0.5, 0.6) is 5.75 Å². The van der Waals surface area contributed by atoms with Crippen molar-refractivity contribution in [2.75, 3.05) is 13.7 Å². The highest BCUT2D eigenvalue weighted by Gasteiger charge is 2.13. The van der Waals surface area contributed by atoms with E-state index in [9.17, 15) is 0 Å². The Hall–Kier alpha value is -1.46. The van der Waals surface area contributed by atoms with Gasteiger partial charge in [-0.05, 0) is 43.5 Å². The second kappa shape index (κ2) is 7.97. The van der Waals surface area contributed by atoms with Crippen molar-refractivity contribution >= 4 is 11.7 Å². The molecule has 0 saturated heterocycles. The first kappa shape index (κ1) is 14.9. The Labute approximate surface area is 124 Å². The summed E-state index contributed by atoms with van der Waals surface area (Å²) in [5, 5.41) is 3.54. The lowest BCUT2D eigenvalue weighted by molar-refractivity contribution is 0.414. The molecule has 0 amide bonds. The monoisotopic (exact) mass is 291 g/mol. The molecule has 1 unspecified atom stereocenters. The van der Waals surface area contributed by atoms with Crippen molar-refractivity contribution in [3.63, 3.8) is 0 Å². The third kappa shape index (κ3) is 4.28. The van der Waals surface area contributed by atoms with Gasteiger partial charge >= 0.3 is 0 Å². The van der Waals surface area contributed by atoms with Gasteiger partial charge in [-0.1, -0.05) is 19.1 Å². The predicted octanol–water partition coefficient (Wildman–Crippen LogP) is 3.22. The molecule has 1 aromatic heterocycles. The molecule has 0 fully saturated rings. The zero-order chi connectivity index (χ0) is 14.2. The Morgan fingerprint density at radius 3 is 2.70 bits per heavy atom. The molecule has 4 nitrogen and oxygen atoms in total. The number of aromatic nitrogens is 2. The van der Waals surface area contributed by atoms with Gasteiger partial charge in [-0.2, -0.15) is 8.75 Å². The third-order valence-corrected chi connectivity index (χ3v) is 3.75. The third-order valence-electron chi connectivity index (χ3n) is 3.26. The zero-order valence-corrected chi connectivity index (χ0v) is 12.8. The van der Waals surface area contributed by atoms with Crippen LogP contribution in [0.25, 0.3) is 0 Å². The van der Waals surface area contributed by atoms with Crippen molar-refractivity contribution in [1.29, 1.82) is 0 Å². The summed E-state index contributed by atoms with van der Waals surface area (Å²) >= 11 is 1.27. The fraction of sp³-hybridized carbons (Fsp3) is 0.467. The molecule has 0 saturated carbocycles. The number of benzene rings is 1. The zero-order valence-electron chi connectivity index (χ0n) is 12.0. The van der Waals surface area contributed by atoms with E-state index < -0.39 is 0 Å². The van der Waals surface area contributed by atoms with E-state index in [1.807, 2.05) is 18.3 Å². The lowest BCUT2D eigenvalue weighted by Crippen LogP contribution is -2.23. The van der Waals surface area contributed by atoms with Gasteiger partial charge in [0.15, 0.2) is 0 Å². The molecule has 0 radical (unpaired) electrons. The summed E-state index contributed by atoms with van der Waals surface area (Å²) in [7, 11) is 1.69. The van der Waals surface area contributed by atoms with Crippen molar-refractivity contribution < 1.29 is 4.74 Å². The van der Waals surface area contributed by atoms with E-state index in [2.05, 4.69) is 33.1 Å². The van der Waals surface area contributed by atoms with Crippen molar-refractivity contribution in [3.8, 4) is 5.75 Å². The topological polar surface area (TPSA) is 47.0 Å². The molecule has 2 aromatic rings. The maximum absolute atomic E-state index is 5.18. The highest BCUT2D eigenvalue weighted by molar-refractivity contribution is 6.99. The summed E-state index contributed by atoms with van der Waals surface area (Å²) in [5.74, 6) is 0.901. The molecule has 0 aliphatic rings. The van der Waals surface area contributed by atoms with Crippen LogP contribution >= 0.6 is 11.7 Å². The van der Waals surface area contributed by atoms with Crippen LogP contribution in [0, 0.1) is 0 Å². The van der Waals surface area contributed by atoms with E-state index in [1.165, 1.54) is 17.3 Å². The second-order valence-corrected chi connectivity index (χ2v) is 5.28. The SMILES string of the molecule is CCCNC(CCc1ccc(OC)cc1)c1cnsn1. The fourth-order valence-corrected chi connectivity index (χ4v) is 2.57. The minimum Gasteiger partial charge on any atom is -0.497 e. The quantitative estimate of drug-likeness (QED) is 0.811. The van der Waals surface area contributed by atoms with Crippen LogP contribution < -0.4 is 10.1 Å². The lowest BCUT2D eigenvalue weighted by atomic mass is 10.0. The molecule has 1 aromatic carbocycles. The molecular formula is C15H21N3OS. The standard InChI is InChI=1S/C15H21N3OS/c1-3-10-16-14(15-11-17-20-18-15)9-6-12-4-7-13(19-2)8-5-12/h4-5,7-8,11,14,16H,3,6,9-10H2,1-2H3. The van der Waals surface area contributed by atoms with Crippen LogP contribution in [0.2, 0.25) is 0 Å². The second-order valence-electron chi connectivity index (χ2n) is 4.73. The molecule has 0 aliphatic heterocycles. The first-order valence-corrected chi connectivity index (χ1v) is 7.70. The molecule has 0 bridgehead atoms. The molecule has 108 valence electrons. The van der Waals surface area contributed by atoms with Crippen LogP contribution in [0.1, 0.15) is 37.1 Å². The average Bonchev–Trinajstić information content (AvgIpc) is 3.02. The normalized spacial score (nSPS) is 12.3. The fourth-order valence-electron chi connectivity index (χ4n) is 2.10. The summed E-state index contributed by atoms with van der Waals surface area (Å²) in [6.07, 6.45) is 5.03. The molecule has 20 heavy (non-hydrogen) atoms. The highest BCUT2D eigenvalue weighted by atomic mass is 32.1. The average molecular weight is 291 g/mol. The van der Waals surface area contributed by atoms with E-state index in [4.69, 9.17) is 4.74 Å². The number of nitrogens with one attached hydrogen (secondary N) is 1. The Kier molecular flexibility index (Phi) is 5.95. The number of hydrogen-bond donors (Lipinski definition) is 1. The molecule has 0 spiro atoms. The summed E-state index contributed by atoms with van der Waals surface area (Å²) in [4.78, 5) is 0. The number of rotatable bonds is 8. The van der Waals surface area contributed by atoms with Gasteiger partial charge in [0.05, 0.1) is 36.8 Å². The lowest BCUT2D eigenvalue weighted by Gasteiger charge is -2.16. The molecule has 1 heterocycles. The molecule has 1 N–H and O–H groups in total. The van der Waals surface area contributed by atoms with Gasteiger partial charge in [0.1, 0.15) is 5.75 Å². The highest BCUT2D eigenvalue weighted by Crippen LogP contribution is 2.19. The number of hydrogen-bond acceptors (Lipinski definition) is 5. The summed E-state index contributed by atoms with van der Waals surface area (Å²) < 4.78 is 13.6. The maximum atomic E-state index is 5.18. The van der Waals surface area contributed by atoms with E-state index in [0.717, 1.165) is 37.3 Å². The van der Waals surface area contributed by atoms with Gasteiger partial charge in [0.25, 0.3) is 0 Å². The summed E-state index contributed by atoms with van der Waals surface area (Å²) in [6, 6.07) is 8.54. The van der Waals surface area contributed by atoms with Gasteiger partial charge in [0.2, 0.25) is 0 Å². The van der Waals surface area contributed by atoms with Crippen molar-refractivity contribution in [2.45, 2.75) is 32.2 Å². The first-order chi connectivity index (χ1) is 9.83. The largest absolute Gasteiger partial charge is 0.497 e. The van der Waals surface area contributed by atoms with Gasteiger partial charge in [-0.25, -0.2) is 0 Å². The molecule has 5 heteroatoms. The van der Waals surface area contributed by atoms with Crippen LogP contribution in [0.4, 0.5) is 0 Å². The Morgan fingerprint density at radius 2 is 2.10 bits per heavy atom. The van der Waals surface area contributed by atoms with Gasteiger partial charge in [-0.3, -0.25) is 0 Å². The van der Waals surface area contributed by atoms with Crippen molar-refractivity contribution in [2.24, 2.45) is 0 Å². The van der Waals surface area contributed by atoms with E-state index in [-0.39, 0.29) is 6.04 Å². The first-order valence-electron chi connectivity index (χ1n) is 6.97. The van der Waals surface area contributed by atoms with Crippen molar-refractivity contribution in [3.05, 3.63) is 41.7 Å². The van der Waals surface area contributed by atoms with Crippen LogP contribution in [-0.4, -0.2) is 22.4 Å². The van der Waals surface area contributed by atoms with Crippen LogP contribution in [0.15, 0.2) is 30.5 Å².